The van der Waals surface area contributed by atoms with Crippen LogP contribution in [-0.4, -0.2) is 58.8 Å². The summed E-state index contributed by atoms with van der Waals surface area (Å²) in [5.74, 6) is 0.943. The van der Waals surface area contributed by atoms with Gasteiger partial charge in [-0.1, -0.05) is 0 Å². The van der Waals surface area contributed by atoms with Crippen molar-refractivity contribution in [2.75, 3.05) is 31.1 Å². The molecule has 1 amide bonds. The van der Waals surface area contributed by atoms with E-state index < -0.39 is 5.60 Å². The largest absolute Gasteiger partial charge is 0.444 e. The fourth-order valence-corrected chi connectivity index (χ4v) is 2.45. The lowest BCUT2D eigenvalue weighted by Gasteiger charge is -2.40. The van der Waals surface area contributed by atoms with E-state index in [1.165, 1.54) is 0 Å². The molecule has 1 aromatic rings. The first-order chi connectivity index (χ1) is 11.3. The van der Waals surface area contributed by atoms with Crippen molar-refractivity contribution in [2.24, 2.45) is 0 Å². The highest BCUT2D eigenvalue weighted by Crippen LogP contribution is 2.26. The zero-order valence-electron chi connectivity index (χ0n) is 15.0. The number of piperazine rings is 1. The molecule has 24 heavy (non-hydrogen) atoms. The Morgan fingerprint density at radius 2 is 2.00 bits per heavy atom. The molecule has 1 aromatic heterocycles. The summed E-state index contributed by atoms with van der Waals surface area (Å²) in [7, 11) is 0. The summed E-state index contributed by atoms with van der Waals surface area (Å²) in [6.45, 7) is 11.6. The fraction of sp³-hybridized carbons (Fsp3) is 0.688. The van der Waals surface area contributed by atoms with E-state index in [9.17, 15) is 4.79 Å². The Bertz CT molecular complexity index is 561. The first-order valence-electron chi connectivity index (χ1n) is 8.17. The van der Waals surface area contributed by atoms with E-state index >= 15 is 0 Å². The summed E-state index contributed by atoms with van der Waals surface area (Å²) in [4.78, 5) is 34.7. The standard InChI is InChI=1S/C16H26N4O4/c1-6-22-24-14-13(17-7-8-18-14)19-9-10-20(12(2)11-19)15(21)23-16(3,4)5/h7-8,12H,6,9-11H2,1-5H3. The van der Waals surface area contributed by atoms with E-state index in [4.69, 9.17) is 14.5 Å². The van der Waals surface area contributed by atoms with Gasteiger partial charge in [-0.05, 0) is 34.6 Å². The third-order valence-corrected chi connectivity index (χ3v) is 3.46. The molecule has 0 N–H and O–H groups in total. The van der Waals surface area contributed by atoms with Crippen molar-refractivity contribution < 1.29 is 19.3 Å². The lowest BCUT2D eigenvalue weighted by Crippen LogP contribution is -2.55. The molecule has 0 spiro atoms. The van der Waals surface area contributed by atoms with Gasteiger partial charge >= 0.3 is 6.09 Å². The van der Waals surface area contributed by atoms with E-state index in [2.05, 4.69) is 9.97 Å². The minimum Gasteiger partial charge on any atom is -0.444 e. The van der Waals surface area contributed by atoms with Crippen LogP contribution in [0.4, 0.5) is 10.6 Å². The highest BCUT2D eigenvalue weighted by Gasteiger charge is 2.32. The fourth-order valence-electron chi connectivity index (χ4n) is 2.45. The average Bonchev–Trinajstić information content (AvgIpc) is 2.51. The second kappa shape index (κ2) is 7.65. The molecule has 1 unspecified atom stereocenters. The number of aromatic nitrogens is 2. The molecule has 2 heterocycles. The normalized spacial score (nSPS) is 18.5. The Hall–Kier alpha value is -2.09. The topological polar surface area (TPSA) is 77.0 Å². The predicted octanol–water partition coefficient (Wildman–Crippen LogP) is 2.25. The van der Waals surface area contributed by atoms with Crippen molar-refractivity contribution in [3.63, 3.8) is 0 Å². The number of carbonyl (C=O) groups excluding carboxylic acids is 1. The molecule has 8 heteroatoms. The van der Waals surface area contributed by atoms with Crippen LogP contribution in [0.25, 0.3) is 0 Å². The van der Waals surface area contributed by atoms with Crippen LogP contribution in [0.1, 0.15) is 34.6 Å². The van der Waals surface area contributed by atoms with Gasteiger partial charge in [0, 0.05) is 38.1 Å². The number of ether oxygens (including phenoxy) is 1. The third-order valence-electron chi connectivity index (χ3n) is 3.46. The zero-order chi connectivity index (χ0) is 17.7. The van der Waals surface area contributed by atoms with Crippen molar-refractivity contribution >= 4 is 11.9 Å². The summed E-state index contributed by atoms with van der Waals surface area (Å²) < 4.78 is 5.46. The van der Waals surface area contributed by atoms with Crippen LogP contribution in [-0.2, 0) is 9.62 Å². The number of hydrogen-bond acceptors (Lipinski definition) is 7. The summed E-state index contributed by atoms with van der Waals surface area (Å²) in [5.41, 5.74) is -0.503. The van der Waals surface area contributed by atoms with Gasteiger partial charge in [0.25, 0.3) is 5.88 Å². The van der Waals surface area contributed by atoms with Gasteiger partial charge < -0.3 is 19.4 Å². The molecule has 2 rings (SSSR count). The van der Waals surface area contributed by atoms with Crippen LogP contribution >= 0.6 is 0 Å². The lowest BCUT2D eigenvalue weighted by molar-refractivity contribution is -0.205. The highest BCUT2D eigenvalue weighted by atomic mass is 17.2. The third kappa shape index (κ3) is 4.70. The van der Waals surface area contributed by atoms with Gasteiger partial charge in [0.05, 0.1) is 6.61 Å². The molecule has 0 saturated carbocycles. The maximum atomic E-state index is 12.3. The molecule has 0 aliphatic carbocycles. The van der Waals surface area contributed by atoms with Crippen LogP contribution in [0.15, 0.2) is 12.4 Å². The molecule has 1 atom stereocenters. The quantitative estimate of drug-likeness (QED) is 0.615. The number of amides is 1. The SMILES string of the molecule is CCOOc1nccnc1N1CCN(C(=O)OC(C)(C)C)C(C)C1. The number of rotatable bonds is 4. The molecule has 0 bridgehead atoms. The Balaban J connectivity index is 2.04. The van der Waals surface area contributed by atoms with E-state index in [0.717, 1.165) is 0 Å². The van der Waals surface area contributed by atoms with Gasteiger partial charge in [-0.3, -0.25) is 0 Å². The molecule has 1 aliphatic rings. The van der Waals surface area contributed by atoms with Gasteiger partial charge in [-0.15, -0.1) is 0 Å². The van der Waals surface area contributed by atoms with Gasteiger partial charge in [0.15, 0.2) is 5.82 Å². The predicted molar refractivity (Wildman–Crippen MR) is 88.9 cm³/mol. The Kier molecular flexibility index (Phi) is 5.82. The van der Waals surface area contributed by atoms with Crippen molar-refractivity contribution in [3.8, 4) is 5.88 Å². The zero-order valence-corrected chi connectivity index (χ0v) is 15.0. The smallest absolute Gasteiger partial charge is 0.410 e. The minimum absolute atomic E-state index is 0.0180. The van der Waals surface area contributed by atoms with E-state index in [1.54, 1.807) is 17.3 Å². The Morgan fingerprint density at radius 3 is 2.62 bits per heavy atom. The molecule has 8 nitrogen and oxygen atoms in total. The molecule has 134 valence electrons. The Labute approximate surface area is 142 Å². The van der Waals surface area contributed by atoms with Crippen LogP contribution in [0, 0.1) is 0 Å². The first kappa shape index (κ1) is 18.3. The summed E-state index contributed by atoms with van der Waals surface area (Å²) in [6, 6.07) is -0.0180. The van der Waals surface area contributed by atoms with E-state index in [-0.39, 0.29) is 12.1 Å². The van der Waals surface area contributed by atoms with Crippen molar-refractivity contribution in [3.05, 3.63) is 12.4 Å². The van der Waals surface area contributed by atoms with Crippen molar-refractivity contribution in [1.29, 1.82) is 0 Å². The number of hydrogen-bond donors (Lipinski definition) is 0. The van der Waals surface area contributed by atoms with Gasteiger partial charge in [-0.25, -0.2) is 14.8 Å². The van der Waals surface area contributed by atoms with E-state index in [0.29, 0.717) is 37.9 Å². The molecule has 0 aromatic carbocycles. The van der Waals surface area contributed by atoms with Crippen LogP contribution in [0.3, 0.4) is 0 Å². The number of nitrogens with zero attached hydrogens (tertiary/aromatic N) is 4. The highest BCUT2D eigenvalue weighted by molar-refractivity contribution is 5.69. The second-order valence-electron chi connectivity index (χ2n) is 6.64. The molecule has 1 fully saturated rings. The lowest BCUT2D eigenvalue weighted by atomic mass is 10.2. The molecular formula is C16H26N4O4. The van der Waals surface area contributed by atoms with Gasteiger partial charge in [0.2, 0.25) is 0 Å². The molecule has 1 saturated heterocycles. The average molecular weight is 338 g/mol. The second-order valence-corrected chi connectivity index (χ2v) is 6.64. The van der Waals surface area contributed by atoms with Gasteiger partial charge in [-0.2, -0.15) is 4.89 Å². The summed E-state index contributed by atoms with van der Waals surface area (Å²) in [5, 5.41) is 0. The van der Waals surface area contributed by atoms with Crippen molar-refractivity contribution in [1.82, 2.24) is 14.9 Å². The monoisotopic (exact) mass is 338 g/mol. The van der Waals surface area contributed by atoms with Crippen LogP contribution in [0.5, 0.6) is 5.88 Å². The van der Waals surface area contributed by atoms with E-state index in [1.807, 2.05) is 39.5 Å². The van der Waals surface area contributed by atoms with Gasteiger partial charge in [0.1, 0.15) is 5.60 Å². The maximum absolute atomic E-state index is 12.3. The summed E-state index contributed by atoms with van der Waals surface area (Å²) in [6.07, 6.45) is 2.87. The number of anilines is 1. The number of carbonyl (C=O) groups is 1. The Morgan fingerprint density at radius 1 is 1.29 bits per heavy atom. The maximum Gasteiger partial charge on any atom is 0.410 e. The van der Waals surface area contributed by atoms with Crippen molar-refractivity contribution in [2.45, 2.75) is 46.3 Å². The minimum atomic E-state index is -0.503. The molecule has 1 aliphatic heterocycles. The molecular weight excluding hydrogens is 312 g/mol. The molecule has 0 radical (unpaired) electrons. The van der Waals surface area contributed by atoms with Crippen LogP contribution < -0.4 is 9.79 Å². The summed E-state index contributed by atoms with van der Waals surface area (Å²) >= 11 is 0. The van der Waals surface area contributed by atoms with Crippen LogP contribution in [0.2, 0.25) is 0 Å². The first-order valence-corrected chi connectivity index (χ1v) is 8.17.